The molecule has 0 aliphatic heterocycles. The molecular weight excluding hydrogens is 276 g/mol. The zero-order valence-electron chi connectivity index (χ0n) is 11.7. The molecule has 114 valence electrons. The van der Waals surface area contributed by atoms with Crippen LogP contribution in [0.4, 0.5) is 0 Å². The molecule has 7 nitrogen and oxygen atoms in total. The van der Waals surface area contributed by atoms with Crippen LogP contribution in [0.1, 0.15) is 18.4 Å². The molecule has 1 rings (SSSR count). The smallest absolute Gasteiger partial charge is 0.326 e. The Balaban J connectivity index is 2.39. The van der Waals surface area contributed by atoms with E-state index in [1.807, 2.05) is 25.1 Å². The van der Waals surface area contributed by atoms with Crippen molar-refractivity contribution in [3.63, 3.8) is 0 Å². The van der Waals surface area contributed by atoms with Crippen molar-refractivity contribution in [3.8, 4) is 5.75 Å². The molecule has 0 fully saturated rings. The first-order valence-corrected chi connectivity index (χ1v) is 6.38. The van der Waals surface area contributed by atoms with Gasteiger partial charge in [-0.3, -0.25) is 9.59 Å². The Kier molecular flexibility index (Phi) is 6.19. The first kappa shape index (κ1) is 16.5. The monoisotopic (exact) mass is 294 g/mol. The minimum Gasteiger partial charge on any atom is -0.493 e. The molecule has 1 atom stereocenters. The predicted octanol–water partition coefficient (Wildman–Crippen LogP) is 0.209. The minimum absolute atomic E-state index is 0.0174. The van der Waals surface area contributed by atoms with Crippen molar-refractivity contribution >= 4 is 17.8 Å². The van der Waals surface area contributed by atoms with Gasteiger partial charge in [0.25, 0.3) is 0 Å². The number of carboxylic acids is 1. The number of carbonyl (C=O) groups excluding carboxylic acids is 2. The average Bonchev–Trinajstić information content (AvgIpc) is 2.37. The molecule has 0 saturated heterocycles. The molecule has 0 aromatic heterocycles. The second-order valence-electron chi connectivity index (χ2n) is 4.54. The summed E-state index contributed by atoms with van der Waals surface area (Å²) >= 11 is 0. The third-order valence-corrected chi connectivity index (χ3v) is 2.63. The second-order valence-corrected chi connectivity index (χ2v) is 4.54. The van der Waals surface area contributed by atoms with E-state index in [2.05, 4.69) is 5.32 Å². The van der Waals surface area contributed by atoms with Gasteiger partial charge in [-0.1, -0.05) is 12.1 Å². The van der Waals surface area contributed by atoms with Gasteiger partial charge in [0.1, 0.15) is 11.8 Å². The lowest BCUT2D eigenvalue weighted by Crippen LogP contribution is -2.43. The number of aryl methyl sites for hydroxylation is 1. The van der Waals surface area contributed by atoms with Crippen LogP contribution in [-0.4, -0.2) is 35.5 Å². The Labute approximate surface area is 122 Å². The Morgan fingerprint density at radius 2 is 2.10 bits per heavy atom. The molecule has 0 bridgehead atoms. The molecule has 1 aromatic carbocycles. The molecule has 0 aliphatic rings. The maximum atomic E-state index is 11.6. The summed E-state index contributed by atoms with van der Waals surface area (Å²) in [6.07, 6.45) is -0.462. The fourth-order valence-corrected chi connectivity index (χ4v) is 1.63. The van der Waals surface area contributed by atoms with Gasteiger partial charge >= 0.3 is 5.97 Å². The van der Waals surface area contributed by atoms with E-state index in [1.54, 1.807) is 6.07 Å². The minimum atomic E-state index is -1.31. The summed E-state index contributed by atoms with van der Waals surface area (Å²) in [5, 5.41) is 11.1. The third-order valence-electron chi connectivity index (χ3n) is 2.63. The molecule has 0 spiro atoms. The number of ether oxygens (including phenoxy) is 1. The van der Waals surface area contributed by atoms with Crippen LogP contribution in [0, 0.1) is 6.92 Å². The average molecular weight is 294 g/mol. The molecule has 21 heavy (non-hydrogen) atoms. The molecular formula is C14H18N2O5. The summed E-state index contributed by atoms with van der Waals surface area (Å²) in [7, 11) is 0. The number of hydrogen-bond acceptors (Lipinski definition) is 4. The van der Waals surface area contributed by atoms with Gasteiger partial charge in [0, 0.05) is 0 Å². The zero-order chi connectivity index (χ0) is 15.8. The van der Waals surface area contributed by atoms with Gasteiger partial charge in [0.2, 0.25) is 11.8 Å². The fraction of sp³-hybridized carbons (Fsp3) is 0.357. The number of carbonyl (C=O) groups is 3. The van der Waals surface area contributed by atoms with Crippen molar-refractivity contribution in [2.45, 2.75) is 25.8 Å². The maximum absolute atomic E-state index is 11.6. The van der Waals surface area contributed by atoms with Gasteiger partial charge in [0.05, 0.1) is 19.4 Å². The van der Waals surface area contributed by atoms with Crippen LogP contribution in [0.5, 0.6) is 5.75 Å². The van der Waals surface area contributed by atoms with E-state index in [1.165, 1.54) is 0 Å². The normalized spacial score (nSPS) is 11.5. The van der Waals surface area contributed by atoms with Crippen LogP contribution in [0.15, 0.2) is 24.3 Å². The molecule has 0 saturated carbocycles. The molecule has 0 aliphatic carbocycles. The Hall–Kier alpha value is -2.57. The van der Waals surface area contributed by atoms with E-state index < -0.39 is 30.2 Å². The lowest BCUT2D eigenvalue weighted by atomic mass is 10.2. The number of amides is 2. The molecule has 4 N–H and O–H groups in total. The number of nitrogens with one attached hydrogen (secondary N) is 1. The summed E-state index contributed by atoms with van der Waals surface area (Å²) in [6, 6.07) is 6.02. The summed E-state index contributed by atoms with van der Waals surface area (Å²) in [5.74, 6) is -1.98. The van der Waals surface area contributed by atoms with Crippen molar-refractivity contribution in [2.24, 2.45) is 5.73 Å². The summed E-state index contributed by atoms with van der Waals surface area (Å²) in [5.41, 5.74) is 5.95. The Bertz CT molecular complexity index is 530. The summed E-state index contributed by atoms with van der Waals surface area (Å²) < 4.78 is 5.38. The van der Waals surface area contributed by atoms with Crippen molar-refractivity contribution < 1.29 is 24.2 Å². The highest BCUT2D eigenvalue weighted by Gasteiger charge is 2.21. The highest BCUT2D eigenvalue weighted by molar-refractivity contribution is 5.88. The molecule has 0 heterocycles. The number of nitrogens with two attached hydrogens (primary N) is 1. The SMILES string of the molecule is Cc1cccc(OCCC(=O)N[C@@H](CC(N)=O)C(=O)O)c1. The van der Waals surface area contributed by atoms with Crippen LogP contribution in [0.25, 0.3) is 0 Å². The van der Waals surface area contributed by atoms with E-state index >= 15 is 0 Å². The standard InChI is InChI=1S/C14H18N2O5/c1-9-3-2-4-10(7-9)21-6-5-13(18)16-11(14(19)20)8-12(15)17/h2-4,7,11H,5-6,8H2,1H3,(H2,15,17)(H,16,18)(H,19,20)/t11-/m0/s1. The van der Waals surface area contributed by atoms with Gasteiger partial charge in [-0.15, -0.1) is 0 Å². The van der Waals surface area contributed by atoms with Gasteiger partial charge in [-0.25, -0.2) is 4.79 Å². The van der Waals surface area contributed by atoms with Crippen LogP contribution in [0.2, 0.25) is 0 Å². The van der Waals surface area contributed by atoms with E-state index in [4.69, 9.17) is 15.6 Å². The third kappa shape index (κ3) is 6.42. The van der Waals surface area contributed by atoms with Gasteiger partial charge < -0.3 is 20.9 Å². The van der Waals surface area contributed by atoms with Crippen molar-refractivity contribution in [2.75, 3.05) is 6.61 Å². The quantitative estimate of drug-likeness (QED) is 0.633. The fourth-order valence-electron chi connectivity index (χ4n) is 1.63. The van der Waals surface area contributed by atoms with E-state index in [-0.39, 0.29) is 13.0 Å². The number of carboxylic acid groups (broad SMARTS) is 1. The van der Waals surface area contributed by atoms with E-state index in [0.717, 1.165) is 5.56 Å². The van der Waals surface area contributed by atoms with Crippen LogP contribution >= 0.6 is 0 Å². The van der Waals surface area contributed by atoms with Gasteiger partial charge in [-0.05, 0) is 24.6 Å². The first-order chi connectivity index (χ1) is 9.88. The first-order valence-electron chi connectivity index (χ1n) is 6.38. The number of primary amides is 1. The highest BCUT2D eigenvalue weighted by atomic mass is 16.5. The van der Waals surface area contributed by atoms with Crippen molar-refractivity contribution in [1.29, 1.82) is 0 Å². The van der Waals surface area contributed by atoms with E-state index in [0.29, 0.717) is 5.75 Å². The molecule has 2 amide bonds. The lowest BCUT2D eigenvalue weighted by molar-refractivity contribution is -0.143. The van der Waals surface area contributed by atoms with Crippen LogP contribution in [-0.2, 0) is 14.4 Å². The molecule has 1 aromatic rings. The second kappa shape index (κ2) is 7.88. The Morgan fingerprint density at radius 1 is 1.38 bits per heavy atom. The lowest BCUT2D eigenvalue weighted by Gasteiger charge is -2.13. The van der Waals surface area contributed by atoms with Crippen molar-refractivity contribution in [3.05, 3.63) is 29.8 Å². The topological polar surface area (TPSA) is 119 Å². The van der Waals surface area contributed by atoms with E-state index in [9.17, 15) is 14.4 Å². The zero-order valence-corrected chi connectivity index (χ0v) is 11.7. The molecule has 0 unspecified atom stereocenters. The van der Waals surface area contributed by atoms with Crippen molar-refractivity contribution in [1.82, 2.24) is 5.32 Å². The largest absolute Gasteiger partial charge is 0.493 e. The van der Waals surface area contributed by atoms with Crippen LogP contribution < -0.4 is 15.8 Å². The predicted molar refractivity (Wildman–Crippen MR) is 74.7 cm³/mol. The number of aliphatic carboxylic acids is 1. The van der Waals surface area contributed by atoms with Crippen LogP contribution in [0.3, 0.4) is 0 Å². The highest BCUT2D eigenvalue weighted by Crippen LogP contribution is 2.12. The summed E-state index contributed by atoms with van der Waals surface area (Å²) in [4.78, 5) is 33.1. The Morgan fingerprint density at radius 3 is 2.67 bits per heavy atom. The molecule has 7 heteroatoms. The number of benzene rings is 1. The summed E-state index contributed by atoms with van der Waals surface area (Å²) in [6.45, 7) is 2.03. The maximum Gasteiger partial charge on any atom is 0.326 e. The van der Waals surface area contributed by atoms with Gasteiger partial charge in [-0.2, -0.15) is 0 Å². The molecule has 0 radical (unpaired) electrons. The number of rotatable bonds is 8. The number of hydrogen-bond donors (Lipinski definition) is 3. The van der Waals surface area contributed by atoms with Gasteiger partial charge in [0.15, 0.2) is 0 Å².